The Morgan fingerprint density at radius 2 is 2.05 bits per heavy atom. The summed E-state index contributed by atoms with van der Waals surface area (Å²) in [6, 6.07) is 9.22. The van der Waals surface area contributed by atoms with Gasteiger partial charge in [-0.3, -0.25) is 9.59 Å². The van der Waals surface area contributed by atoms with E-state index in [1.807, 2.05) is 18.2 Å². The van der Waals surface area contributed by atoms with Crippen molar-refractivity contribution in [2.24, 2.45) is 0 Å². The van der Waals surface area contributed by atoms with Gasteiger partial charge >= 0.3 is 5.97 Å². The summed E-state index contributed by atoms with van der Waals surface area (Å²) >= 11 is 7.29. The van der Waals surface area contributed by atoms with Crippen molar-refractivity contribution < 1.29 is 14.3 Å². The van der Waals surface area contributed by atoms with Gasteiger partial charge in [-0.05, 0) is 24.3 Å². The maximum atomic E-state index is 11.4. The van der Waals surface area contributed by atoms with Crippen LogP contribution in [0.5, 0.6) is 0 Å². The molecule has 1 aromatic rings. The number of hydrogen-bond acceptors (Lipinski definition) is 5. The summed E-state index contributed by atoms with van der Waals surface area (Å²) in [7, 11) is 0. The number of halogens is 1. The minimum absolute atomic E-state index is 0.221. The molecule has 0 bridgehead atoms. The molecule has 0 spiro atoms. The predicted molar refractivity (Wildman–Crippen MR) is 81.0 cm³/mol. The minimum atomic E-state index is -0.424. The lowest BCUT2D eigenvalue weighted by molar-refractivity contribution is -0.148. The summed E-state index contributed by atoms with van der Waals surface area (Å²) in [5, 5.41) is 11.4. The van der Waals surface area contributed by atoms with Gasteiger partial charge in [0.05, 0.1) is 18.9 Å². The molecule has 0 radical (unpaired) electrons. The highest BCUT2D eigenvalue weighted by molar-refractivity contribution is 7.99. The Kier molecular flexibility index (Phi) is 8.32. The first kappa shape index (κ1) is 17.3. The highest BCUT2D eigenvalue weighted by Gasteiger charge is 2.07. The molecule has 0 saturated carbocycles. The number of nitrogens with zero attached hydrogens (tertiary/aromatic N) is 1. The summed E-state index contributed by atoms with van der Waals surface area (Å²) < 4.78 is 4.82. The van der Waals surface area contributed by atoms with Gasteiger partial charge in [-0.15, -0.1) is 11.8 Å². The van der Waals surface area contributed by atoms with Crippen molar-refractivity contribution >= 4 is 35.2 Å². The second-order valence-corrected chi connectivity index (χ2v) is 5.58. The smallest absolute Gasteiger partial charge is 0.307 e. The molecule has 0 saturated heterocycles. The molecule has 0 aliphatic carbocycles. The molecule has 0 heterocycles. The molecular weight excluding hydrogens is 312 g/mol. The van der Waals surface area contributed by atoms with Crippen molar-refractivity contribution in [3.63, 3.8) is 0 Å². The van der Waals surface area contributed by atoms with Crippen LogP contribution in [0.3, 0.4) is 0 Å². The zero-order valence-corrected chi connectivity index (χ0v) is 12.9. The number of hydrogen-bond donors (Lipinski definition) is 1. The lowest BCUT2D eigenvalue weighted by Crippen LogP contribution is -2.29. The molecule has 7 heteroatoms. The molecular formula is C14H15ClN2O3S. The third kappa shape index (κ3) is 8.23. The number of carbonyl (C=O) groups is 2. The van der Waals surface area contributed by atoms with Crippen molar-refractivity contribution in [1.82, 2.24) is 5.32 Å². The van der Waals surface area contributed by atoms with Crippen LogP contribution in [0.1, 0.15) is 12.8 Å². The molecule has 1 aromatic carbocycles. The van der Waals surface area contributed by atoms with Crippen LogP contribution in [0.25, 0.3) is 0 Å². The van der Waals surface area contributed by atoms with Crippen molar-refractivity contribution in [3.8, 4) is 6.07 Å². The molecule has 0 unspecified atom stereocenters. The summed E-state index contributed by atoms with van der Waals surface area (Å²) in [6.07, 6.45) is 0.455. The number of thioether (sulfide) groups is 1. The highest BCUT2D eigenvalue weighted by atomic mass is 35.5. The number of esters is 1. The number of rotatable bonds is 8. The fourth-order valence-corrected chi connectivity index (χ4v) is 2.27. The van der Waals surface area contributed by atoms with E-state index in [-0.39, 0.29) is 26.0 Å². The number of ether oxygens (including phenoxy) is 1. The van der Waals surface area contributed by atoms with Crippen LogP contribution < -0.4 is 5.32 Å². The third-order valence-electron chi connectivity index (χ3n) is 2.31. The average molecular weight is 327 g/mol. The van der Waals surface area contributed by atoms with Crippen LogP contribution in [0.2, 0.25) is 5.02 Å². The predicted octanol–water partition coefficient (Wildman–Crippen LogP) is 2.40. The van der Waals surface area contributed by atoms with Crippen molar-refractivity contribution in [3.05, 3.63) is 29.3 Å². The number of nitrogens with one attached hydrogen (secondary N) is 1. The van der Waals surface area contributed by atoms with Gasteiger partial charge in [-0.2, -0.15) is 5.26 Å². The molecule has 21 heavy (non-hydrogen) atoms. The minimum Gasteiger partial charge on any atom is -0.456 e. The summed E-state index contributed by atoms with van der Waals surface area (Å²) in [6.45, 7) is -0.0465. The summed E-state index contributed by atoms with van der Waals surface area (Å²) in [5.74, 6) is -0.257. The Morgan fingerprint density at radius 3 is 2.71 bits per heavy atom. The Balaban J connectivity index is 2.12. The van der Waals surface area contributed by atoms with E-state index in [0.29, 0.717) is 10.8 Å². The van der Waals surface area contributed by atoms with Gasteiger partial charge < -0.3 is 10.1 Å². The van der Waals surface area contributed by atoms with Crippen molar-refractivity contribution in [1.29, 1.82) is 5.26 Å². The second-order valence-electron chi connectivity index (χ2n) is 3.97. The van der Waals surface area contributed by atoms with Gasteiger partial charge in [0.15, 0.2) is 6.61 Å². The lowest BCUT2D eigenvalue weighted by atomic mass is 10.4. The monoisotopic (exact) mass is 326 g/mol. The number of benzene rings is 1. The van der Waals surface area contributed by atoms with E-state index in [9.17, 15) is 9.59 Å². The molecule has 0 aromatic heterocycles. The largest absolute Gasteiger partial charge is 0.456 e. The lowest BCUT2D eigenvalue weighted by Gasteiger charge is -2.05. The Hall–Kier alpha value is -1.71. The van der Waals surface area contributed by atoms with Gasteiger partial charge in [-0.1, -0.05) is 11.6 Å². The number of amides is 1. The zero-order chi connectivity index (χ0) is 15.5. The van der Waals surface area contributed by atoms with Gasteiger partial charge in [0.1, 0.15) is 0 Å². The van der Waals surface area contributed by atoms with E-state index in [1.165, 1.54) is 11.8 Å². The molecule has 0 atom stereocenters. The average Bonchev–Trinajstić information content (AvgIpc) is 2.47. The quantitative estimate of drug-likeness (QED) is 0.451. The normalized spacial score (nSPS) is 9.71. The van der Waals surface area contributed by atoms with Gasteiger partial charge in [-0.25, -0.2) is 0 Å². The molecule has 0 aliphatic rings. The molecule has 1 rings (SSSR count). The molecule has 112 valence electrons. The summed E-state index contributed by atoms with van der Waals surface area (Å²) in [5.41, 5.74) is 0. The Morgan fingerprint density at radius 1 is 1.33 bits per heavy atom. The topological polar surface area (TPSA) is 79.2 Å². The summed E-state index contributed by atoms with van der Waals surface area (Å²) in [4.78, 5) is 23.7. The van der Waals surface area contributed by atoms with Crippen molar-refractivity contribution in [2.45, 2.75) is 17.7 Å². The Bertz CT molecular complexity index is 514. The molecule has 5 nitrogen and oxygen atoms in total. The first-order valence-corrected chi connectivity index (χ1v) is 7.66. The highest BCUT2D eigenvalue weighted by Crippen LogP contribution is 2.20. The van der Waals surface area contributed by atoms with Gasteiger partial charge in [0.25, 0.3) is 5.91 Å². The van der Waals surface area contributed by atoms with Crippen molar-refractivity contribution in [2.75, 3.05) is 18.9 Å². The fraction of sp³-hybridized carbons (Fsp3) is 0.357. The first-order valence-electron chi connectivity index (χ1n) is 6.29. The van der Waals surface area contributed by atoms with Gasteiger partial charge in [0, 0.05) is 22.2 Å². The van der Waals surface area contributed by atoms with E-state index in [0.717, 1.165) is 4.90 Å². The fourth-order valence-electron chi connectivity index (χ4n) is 1.31. The van der Waals surface area contributed by atoms with E-state index in [1.54, 1.807) is 12.1 Å². The van der Waals surface area contributed by atoms with Gasteiger partial charge in [0.2, 0.25) is 0 Å². The standard InChI is InChI=1S/C14H15ClN2O3S/c15-11-2-4-12(5-3-11)21-9-6-14(19)20-10-13(18)17-8-1-7-16/h2-5H,1,6,8-10H2,(H,17,18). The van der Waals surface area contributed by atoms with E-state index >= 15 is 0 Å². The van der Waals surface area contributed by atoms with Crippen LogP contribution >= 0.6 is 23.4 Å². The van der Waals surface area contributed by atoms with Crippen LogP contribution in [0.15, 0.2) is 29.2 Å². The maximum Gasteiger partial charge on any atom is 0.307 e. The van der Waals surface area contributed by atoms with E-state index in [2.05, 4.69) is 5.32 Å². The Labute approximate surface area is 132 Å². The molecule has 1 amide bonds. The van der Waals surface area contributed by atoms with Crippen LogP contribution in [0, 0.1) is 11.3 Å². The van der Waals surface area contributed by atoms with E-state index in [4.69, 9.17) is 21.6 Å². The molecule has 1 N–H and O–H groups in total. The SMILES string of the molecule is N#CCCNC(=O)COC(=O)CCSc1ccc(Cl)cc1. The van der Waals surface area contributed by atoms with Crippen LogP contribution in [0.4, 0.5) is 0 Å². The van der Waals surface area contributed by atoms with Crippen LogP contribution in [-0.2, 0) is 14.3 Å². The first-order chi connectivity index (χ1) is 10.1. The molecule has 0 aliphatic heterocycles. The maximum absolute atomic E-state index is 11.4. The van der Waals surface area contributed by atoms with Crippen LogP contribution in [-0.4, -0.2) is 30.8 Å². The number of carbonyl (C=O) groups excluding carboxylic acids is 2. The third-order valence-corrected chi connectivity index (χ3v) is 3.58. The second kappa shape index (κ2) is 10.1. The number of nitriles is 1. The molecule has 0 fully saturated rings. The zero-order valence-electron chi connectivity index (χ0n) is 11.3. The van der Waals surface area contributed by atoms with E-state index < -0.39 is 11.9 Å².